The van der Waals surface area contributed by atoms with Crippen LogP contribution in [0.1, 0.15) is 36.9 Å². The van der Waals surface area contributed by atoms with Gasteiger partial charge in [-0.1, -0.05) is 6.07 Å². The van der Waals surface area contributed by atoms with Gasteiger partial charge in [0.15, 0.2) is 18.1 Å². The molecule has 1 heterocycles. The minimum atomic E-state index is -3.49. The molecule has 1 atom stereocenters. The van der Waals surface area contributed by atoms with Crippen LogP contribution in [0.25, 0.3) is 0 Å². The molecule has 174 valence electrons. The summed E-state index contributed by atoms with van der Waals surface area (Å²) in [6.07, 6.45) is 1.77. The summed E-state index contributed by atoms with van der Waals surface area (Å²) in [7, 11) is -0.363. The van der Waals surface area contributed by atoms with E-state index < -0.39 is 10.0 Å². The Morgan fingerprint density at radius 1 is 1.03 bits per heavy atom. The fourth-order valence-corrected chi connectivity index (χ4v) is 5.26. The highest BCUT2D eigenvalue weighted by Crippen LogP contribution is 2.30. The molecule has 0 radical (unpaired) electrons. The molecule has 8 nitrogen and oxygen atoms in total. The number of benzene rings is 2. The quantitative estimate of drug-likeness (QED) is 0.616. The van der Waals surface area contributed by atoms with Gasteiger partial charge in [-0.05, 0) is 68.1 Å². The number of methoxy groups -OCH3 is 2. The van der Waals surface area contributed by atoms with Crippen LogP contribution in [-0.4, -0.2) is 52.5 Å². The topological polar surface area (TPSA) is 94.2 Å². The molecule has 1 N–H and O–H groups in total. The maximum absolute atomic E-state index is 12.7. The van der Waals surface area contributed by atoms with E-state index in [0.29, 0.717) is 35.9 Å². The molecule has 1 saturated heterocycles. The molecule has 1 aliphatic rings. The van der Waals surface area contributed by atoms with Crippen LogP contribution in [0.3, 0.4) is 0 Å². The van der Waals surface area contributed by atoms with Gasteiger partial charge in [0.1, 0.15) is 5.75 Å². The number of hydrogen-bond acceptors (Lipinski definition) is 6. The van der Waals surface area contributed by atoms with Gasteiger partial charge in [-0.3, -0.25) is 4.79 Å². The molecule has 3 rings (SSSR count). The molecule has 0 aromatic heterocycles. The highest BCUT2D eigenvalue weighted by molar-refractivity contribution is 7.89. The van der Waals surface area contributed by atoms with Crippen LogP contribution >= 0.6 is 0 Å². The van der Waals surface area contributed by atoms with E-state index in [1.54, 1.807) is 39.3 Å². The molecule has 0 aliphatic carbocycles. The lowest BCUT2D eigenvalue weighted by Crippen LogP contribution is -2.31. The molecule has 0 spiro atoms. The number of hydrogen-bond donors (Lipinski definition) is 1. The third kappa shape index (κ3) is 5.34. The van der Waals surface area contributed by atoms with Gasteiger partial charge in [-0.2, -0.15) is 4.31 Å². The van der Waals surface area contributed by atoms with Crippen molar-refractivity contribution in [1.82, 2.24) is 9.62 Å². The van der Waals surface area contributed by atoms with E-state index in [1.807, 2.05) is 19.1 Å². The summed E-state index contributed by atoms with van der Waals surface area (Å²) in [5, 5.41) is 2.88. The maximum atomic E-state index is 12.7. The molecule has 9 heteroatoms. The van der Waals surface area contributed by atoms with E-state index >= 15 is 0 Å². The summed E-state index contributed by atoms with van der Waals surface area (Å²) in [4.78, 5) is 12.6. The van der Waals surface area contributed by atoms with Gasteiger partial charge in [0.25, 0.3) is 5.91 Å². The first-order chi connectivity index (χ1) is 15.3. The summed E-state index contributed by atoms with van der Waals surface area (Å²) < 4.78 is 43.1. The Hall–Kier alpha value is -2.78. The van der Waals surface area contributed by atoms with Crippen molar-refractivity contribution in [2.24, 2.45) is 0 Å². The van der Waals surface area contributed by atoms with Crippen molar-refractivity contribution in [3.63, 3.8) is 0 Å². The lowest BCUT2D eigenvalue weighted by molar-refractivity contribution is -0.123. The summed E-state index contributed by atoms with van der Waals surface area (Å²) in [6, 6.07) is 9.91. The molecule has 2 aromatic carbocycles. The second-order valence-corrected chi connectivity index (χ2v) is 9.67. The number of ether oxygens (including phenoxy) is 3. The fraction of sp³-hybridized carbons (Fsp3) is 0.435. The number of carbonyl (C=O) groups excluding carboxylic acids is 1. The lowest BCUT2D eigenvalue weighted by atomic mass is 10.1. The summed E-state index contributed by atoms with van der Waals surface area (Å²) >= 11 is 0. The lowest BCUT2D eigenvalue weighted by Gasteiger charge is -2.18. The maximum Gasteiger partial charge on any atom is 0.258 e. The van der Waals surface area contributed by atoms with Crippen LogP contribution in [0.2, 0.25) is 0 Å². The van der Waals surface area contributed by atoms with Crippen LogP contribution in [0, 0.1) is 6.92 Å². The van der Waals surface area contributed by atoms with Gasteiger partial charge in [0, 0.05) is 13.1 Å². The van der Waals surface area contributed by atoms with Crippen molar-refractivity contribution in [3.05, 3.63) is 47.5 Å². The smallest absolute Gasteiger partial charge is 0.258 e. The van der Waals surface area contributed by atoms with E-state index in [0.717, 1.165) is 18.4 Å². The number of aryl methyl sites for hydroxylation is 1. The van der Waals surface area contributed by atoms with Crippen molar-refractivity contribution in [3.8, 4) is 17.2 Å². The highest BCUT2D eigenvalue weighted by atomic mass is 32.2. The van der Waals surface area contributed by atoms with Gasteiger partial charge < -0.3 is 19.5 Å². The zero-order valence-corrected chi connectivity index (χ0v) is 19.7. The molecule has 0 bridgehead atoms. The van der Waals surface area contributed by atoms with Crippen LogP contribution in [0.4, 0.5) is 0 Å². The average molecular weight is 463 g/mol. The Morgan fingerprint density at radius 3 is 2.31 bits per heavy atom. The minimum Gasteiger partial charge on any atom is -0.493 e. The Bertz CT molecular complexity index is 1060. The number of nitrogens with zero attached hydrogens (tertiary/aromatic N) is 1. The molecule has 1 amide bonds. The summed E-state index contributed by atoms with van der Waals surface area (Å²) in [6.45, 7) is 4.55. The summed E-state index contributed by atoms with van der Waals surface area (Å²) in [5.74, 6) is 1.38. The van der Waals surface area contributed by atoms with Crippen molar-refractivity contribution in [2.45, 2.75) is 37.6 Å². The van der Waals surface area contributed by atoms with Gasteiger partial charge in [-0.25, -0.2) is 8.42 Å². The number of amides is 1. The number of rotatable bonds is 9. The van der Waals surface area contributed by atoms with Crippen LogP contribution < -0.4 is 19.5 Å². The van der Waals surface area contributed by atoms with E-state index in [4.69, 9.17) is 14.2 Å². The normalized spacial score (nSPS) is 15.2. The Morgan fingerprint density at radius 2 is 1.69 bits per heavy atom. The van der Waals surface area contributed by atoms with E-state index in [-0.39, 0.29) is 23.5 Å². The van der Waals surface area contributed by atoms with Crippen LogP contribution in [0.5, 0.6) is 17.2 Å². The molecule has 0 saturated carbocycles. The molecule has 2 aromatic rings. The third-order valence-electron chi connectivity index (χ3n) is 5.49. The predicted molar refractivity (Wildman–Crippen MR) is 121 cm³/mol. The van der Waals surface area contributed by atoms with Crippen molar-refractivity contribution < 1.29 is 27.4 Å². The largest absolute Gasteiger partial charge is 0.493 e. The first kappa shape index (κ1) is 23.9. The minimum absolute atomic E-state index is 0.184. The first-order valence-corrected chi connectivity index (χ1v) is 11.9. The number of nitrogens with one attached hydrogen (secondary N) is 1. The first-order valence-electron chi connectivity index (χ1n) is 10.5. The van der Waals surface area contributed by atoms with E-state index in [2.05, 4.69) is 5.32 Å². The Kier molecular flexibility index (Phi) is 7.63. The van der Waals surface area contributed by atoms with Crippen molar-refractivity contribution >= 4 is 15.9 Å². The molecular formula is C23H30N2O6S. The highest BCUT2D eigenvalue weighted by Gasteiger charge is 2.27. The van der Waals surface area contributed by atoms with Gasteiger partial charge in [-0.15, -0.1) is 0 Å². The average Bonchev–Trinajstić information content (AvgIpc) is 3.33. The van der Waals surface area contributed by atoms with Crippen molar-refractivity contribution in [2.75, 3.05) is 33.9 Å². The van der Waals surface area contributed by atoms with E-state index in [1.165, 1.54) is 10.4 Å². The van der Waals surface area contributed by atoms with Gasteiger partial charge in [0.2, 0.25) is 10.0 Å². The summed E-state index contributed by atoms with van der Waals surface area (Å²) in [5.41, 5.74) is 1.52. The molecule has 1 aliphatic heterocycles. The molecule has 32 heavy (non-hydrogen) atoms. The standard InChI is InChI=1S/C23H30N2O6S/c1-16-13-19(32(27,28)25-11-5-6-12-25)8-10-20(16)31-15-23(26)24-17(2)18-7-9-21(29-3)22(14-18)30-4/h7-10,13-14,17H,5-6,11-12,15H2,1-4H3,(H,24,26)/t17-/m1/s1. The van der Waals surface area contributed by atoms with Crippen LogP contribution in [-0.2, 0) is 14.8 Å². The fourth-order valence-electron chi connectivity index (χ4n) is 3.65. The van der Waals surface area contributed by atoms with Gasteiger partial charge in [0.05, 0.1) is 25.2 Å². The Labute approximate surface area is 189 Å². The monoisotopic (exact) mass is 462 g/mol. The number of sulfonamides is 1. The predicted octanol–water partition coefficient (Wildman–Crippen LogP) is 3.05. The second kappa shape index (κ2) is 10.2. The third-order valence-corrected chi connectivity index (χ3v) is 7.39. The second-order valence-electron chi connectivity index (χ2n) is 7.73. The van der Waals surface area contributed by atoms with Gasteiger partial charge >= 0.3 is 0 Å². The Balaban J connectivity index is 1.60. The number of carbonyl (C=O) groups is 1. The van der Waals surface area contributed by atoms with E-state index in [9.17, 15) is 13.2 Å². The zero-order valence-electron chi connectivity index (χ0n) is 18.9. The van der Waals surface area contributed by atoms with Crippen LogP contribution in [0.15, 0.2) is 41.3 Å². The molecule has 0 unspecified atom stereocenters. The zero-order chi connectivity index (χ0) is 23.3. The SMILES string of the molecule is COc1ccc([C@@H](C)NC(=O)COc2ccc(S(=O)(=O)N3CCCC3)cc2C)cc1OC. The molecule has 1 fully saturated rings. The van der Waals surface area contributed by atoms with Crippen molar-refractivity contribution in [1.29, 1.82) is 0 Å². The molecular weight excluding hydrogens is 432 g/mol.